The Morgan fingerprint density at radius 3 is 2.83 bits per heavy atom. The molecule has 0 aromatic heterocycles. The molecule has 0 saturated carbocycles. The molecule has 0 aliphatic carbocycles. The van der Waals surface area contributed by atoms with E-state index < -0.39 is 0 Å². The van der Waals surface area contributed by atoms with Crippen LogP contribution in [0.25, 0.3) is 0 Å². The number of amides is 1. The van der Waals surface area contributed by atoms with Gasteiger partial charge in [-0.05, 0) is 69.8 Å². The molecule has 23 heavy (non-hydrogen) atoms. The zero-order valence-electron chi connectivity index (χ0n) is 14.1. The lowest BCUT2D eigenvalue weighted by Crippen LogP contribution is -2.34. The van der Waals surface area contributed by atoms with E-state index in [1.54, 1.807) is 0 Å². The molecule has 1 fully saturated rings. The molecule has 0 bridgehead atoms. The summed E-state index contributed by atoms with van der Waals surface area (Å²) in [6.07, 6.45) is 3.99. The Bertz CT molecular complexity index is 476. The summed E-state index contributed by atoms with van der Waals surface area (Å²) in [4.78, 5) is 11.9. The van der Waals surface area contributed by atoms with E-state index in [1.165, 1.54) is 18.4 Å². The van der Waals surface area contributed by atoms with Crippen LogP contribution in [0.2, 0.25) is 0 Å². The Balaban J connectivity index is 0.00000264. The molecule has 1 atom stereocenters. The van der Waals surface area contributed by atoms with Crippen LogP contribution in [-0.4, -0.2) is 31.6 Å². The Morgan fingerprint density at radius 2 is 2.13 bits per heavy atom. The predicted molar refractivity (Wildman–Crippen MR) is 96.4 cm³/mol. The summed E-state index contributed by atoms with van der Waals surface area (Å²) in [6, 6.07) is 7.98. The third-order valence-corrected chi connectivity index (χ3v) is 4.15. The van der Waals surface area contributed by atoms with E-state index in [0.29, 0.717) is 18.9 Å². The molecule has 1 amide bonds. The van der Waals surface area contributed by atoms with Gasteiger partial charge < -0.3 is 15.4 Å². The molecule has 0 spiro atoms. The van der Waals surface area contributed by atoms with Gasteiger partial charge in [-0.2, -0.15) is 0 Å². The third kappa shape index (κ3) is 7.71. The van der Waals surface area contributed by atoms with Crippen LogP contribution in [0.1, 0.15) is 38.2 Å². The maximum Gasteiger partial charge on any atom is 0.220 e. The maximum atomic E-state index is 11.9. The third-order valence-electron chi connectivity index (χ3n) is 4.15. The van der Waals surface area contributed by atoms with Crippen molar-refractivity contribution < 1.29 is 9.53 Å². The van der Waals surface area contributed by atoms with Gasteiger partial charge in [0, 0.05) is 6.42 Å². The van der Waals surface area contributed by atoms with Gasteiger partial charge >= 0.3 is 0 Å². The fourth-order valence-corrected chi connectivity index (χ4v) is 2.81. The van der Waals surface area contributed by atoms with Crippen LogP contribution in [0.5, 0.6) is 5.75 Å². The number of benzene rings is 1. The first kappa shape index (κ1) is 19.8. The number of carbonyl (C=O) groups excluding carboxylic acids is 1. The topological polar surface area (TPSA) is 50.4 Å². The number of hydrogen-bond donors (Lipinski definition) is 2. The second-order valence-electron chi connectivity index (χ2n) is 6.28. The van der Waals surface area contributed by atoms with Gasteiger partial charge in [0.25, 0.3) is 0 Å². The minimum absolute atomic E-state index is 0. The predicted octanol–water partition coefficient (Wildman–Crippen LogP) is 3.08. The number of piperidine rings is 1. The van der Waals surface area contributed by atoms with Gasteiger partial charge in [0.15, 0.2) is 0 Å². The smallest absolute Gasteiger partial charge is 0.220 e. The van der Waals surface area contributed by atoms with Gasteiger partial charge in [-0.1, -0.05) is 12.1 Å². The lowest BCUT2D eigenvalue weighted by molar-refractivity contribution is -0.121. The highest BCUT2D eigenvalue weighted by Gasteiger charge is 2.14. The van der Waals surface area contributed by atoms with Crippen molar-refractivity contribution in [2.45, 2.75) is 45.6 Å². The Labute approximate surface area is 145 Å². The molecule has 1 aliphatic rings. The van der Waals surface area contributed by atoms with Crippen LogP contribution >= 0.6 is 12.4 Å². The number of carbonyl (C=O) groups is 1. The molecule has 1 aromatic rings. The fourth-order valence-electron chi connectivity index (χ4n) is 2.81. The first-order valence-corrected chi connectivity index (χ1v) is 8.34. The van der Waals surface area contributed by atoms with Crippen molar-refractivity contribution in [3.8, 4) is 5.75 Å². The molecule has 130 valence electrons. The number of aryl methyl sites for hydroxylation is 1. The monoisotopic (exact) mass is 340 g/mol. The standard InChI is InChI=1S/C18H28N2O2.ClH/c1-14-4-3-5-17(12-14)22-15(2)13-20-18(21)7-6-16-8-10-19-11-9-16;/h3-5,12,15-16,19H,6-11,13H2,1-2H3,(H,20,21);1H. The molecule has 1 unspecified atom stereocenters. The molecule has 1 aromatic carbocycles. The molecule has 1 aliphatic heterocycles. The Morgan fingerprint density at radius 1 is 1.39 bits per heavy atom. The summed E-state index contributed by atoms with van der Waals surface area (Å²) in [5, 5.41) is 6.33. The summed E-state index contributed by atoms with van der Waals surface area (Å²) in [5.41, 5.74) is 1.18. The lowest BCUT2D eigenvalue weighted by Gasteiger charge is -2.22. The van der Waals surface area contributed by atoms with Crippen molar-refractivity contribution in [2.75, 3.05) is 19.6 Å². The van der Waals surface area contributed by atoms with Gasteiger partial charge in [-0.3, -0.25) is 4.79 Å². The zero-order chi connectivity index (χ0) is 15.8. The molecule has 0 radical (unpaired) electrons. The lowest BCUT2D eigenvalue weighted by atomic mass is 9.93. The van der Waals surface area contributed by atoms with Crippen LogP contribution in [-0.2, 0) is 4.79 Å². The van der Waals surface area contributed by atoms with Gasteiger partial charge in [0.05, 0.1) is 6.54 Å². The average Bonchev–Trinajstić information content (AvgIpc) is 2.52. The summed E-state index contributed by atoms with van der Waals surface area (Å²) in [7, 11) is 0. The molecule has 2 N–H and O–H groups in total. The van der Waals surface area contributed by atoms with E-state index in [1.807, 2.05) is 38.1 Å². The Hall–Kier alpha value is -1.26. The van der Waals surface area contributed by atoms with E-state index in [2.05, 4.69) is 10.6 Å². The molecular formula is C18H29ClN2O2. The SMILES string of the molecule is Cc1cccc(OC(C)CNC(=O)CCC2CCNCC2)c1.Cl. The zero-order valence-corrected chi connectivity index (χ0v) is 15.0. The van der Waals surface area contributed by atoms with Gasteiger partial charge in [-0.25, -0.2) is 0 Å². The van der Waals surface area contributed by atoms with E-state index in [9.17, 15) is 4.79 Å². The van der Waals surface area contributed by atoms with Crippen molar-refractivity contribution in [1.29, 1.82) is 0 Å². The fraction of sp³-hybridized carbons (Fsp3) is 0.611. The van der Waals surface area contributed by atoms with Crippen LogP contribution in [0.4, 0.5) is 0 Å². The van der Waals surface area contributed by atoms with Crippen molar-refractivity contribution in [1.82, 2.24) is 10.6 Å². The summed E-state index contributed by atoms with van der Waals surface area (Å²) < 4.78 is 5.82. The minimum atomic E-state index is -0.0235. The van der Waals surface area contributed by atoms with Crippen molar-refractivity contribution in [2.24, 2.45) is 5.92 Å². The second kappa shape index (κ2) is 10.5. The minimum Gasteiger partial charge on any atom is -0.489 e. The van der Waals surface area contributed by atoms with Gasteiger partial charge in [0.2, 0.25) is 5.91 Å². The van der Waals surface area contributed by atoms with E-state index in [0.717, 1.165) is 25.3 Å². The molecular weight excluding hydrogens is 312 g/mol. The highest BCUT2D eigenvalue weighted by molar-refractivity contribution is 5.85. The largest absolute Gasteiger partial charge is 0.489 e. The summed E-state index contributed by atoms with van der Waals surface area (Å²) in [5.74, 6) is 1.70. The summed E-state index contributed by atoms with van der Waals surface area (Å²) >= 11 is 0. The average molecular weight is 341 g/mol. The molecule has 5 heteroatoms. The number of hydrogen-bond acceptors (Lipinski definition) is 3. The normalized spacial score (nSPS) is 16.3. The quantitative estimate of drug-likeness (QED) is 0.802. The maximum absolute atomic E-state index is 11.9. The highest BCUT2D eigenvalue weighted by Crippen LogP contribution is 2.17. The van der Waals surface area contributed by atoms with Crippen LogP contribution in [0.15, 0.2) is 24.3 Å². The summed E-state index contributed by atoms with van der Waals surface area (Å²) in [6.45, 7) is 6.76. The number of ether oxygens (including phenoxy) is 1. The molecule has 1 heterocycles. The molecule has 4 nitrogen and oxygen atoms in total. The number of rotatable bonds is 7. The number of halogens is 1. The van der Waals surface area contributed by atoms with Crippen LogP contribution in [0, 0.1) is 12.8 Å². The second-order valence-corrected chi connectivity index (χ2v) is 6.28. The molecule has 1 saturated heterocycles. The van der Waals surface area contributed by atoms with Crippen molar-refractivity contribution >= 4 is 18.3 Å². The first-order valence-electron chi connectivity index (χ1n) is 8.34. The highest BCUT2D eigenvalue weighted by atomic mass is 35.5. The van der Waals surface area contributed by atoms with Crippen LogP contribution in [0.3, 0.4) is 0 Å². The first-order chi connectivity index (χ1) is 10.6. The number of nitrogens with one attached hydrogen (secondary N) is 2. The molecule has 2 rings (SSSR count). The van der Waals surface area contributed by atoms with E-state index in [4.69, 9.17) is 4.74 Å². The van der Waals surface area contributed by atoms with Crippen molar-refractivity contribution in [3.63, 3.8) is 0 Å². The van der Waals surface area contributed by atoms with Gasteiger partial charge in [-0.15, -0.1) is 12.4 Å². The van der Waals surface area contributed by atoms with E-state index >= 15 is 0 Å². The van der Waals surface area contributed by atoms with Gasteiger partial charge in [0.1, 0.15) is 11.9 Å². The van der Waals surface area contributed by atoms with Crippen LogP contribution < -0.4 is 15.4 Å². The Kier molecular flexibility index (Phi) is 9.03. The van der Waals surface area contributed by atoms with E-state index in [-0.39, 0.29) is 24.4 Å². The van der Waals surface area contributed by atoms with Crippen molar-refractivity contribution in [3.05, 3.63) is 29.8 Å².